The fourth-order valence-electron chi connectivity index (χ4n) is 7.96. The monoisotopic (exact) mass is 572 g/mol. The van der Waals surface area contributed by atoms with Crippen molar-refractivity contribution < 1.29 is 0 Å². The van der Waals surface area contributed by atoms with Gasteiger partial charge in [0.05, 0.1) is 0 Å². The topological polar surface area (TPSA) is 0 Å². The molecule has 1 aliphatic rings. The first kappa shape index (κ1) is 26.0. The average Bonchev–Trinajstić information content (AvgIpc) is 3.34. The summed E-state index contributed by atoms with van der Waals surface area (Å²) in [6, 6.07) is 58.2. The maximum absolute atomic E-state index is 2.37. The van der Waals surface area contributed by atoms with E-state index in [9.17, 15) is 0 Å². The molecule has 0 saturated carbocycles. The summed E-state index contributed by atoms with van der Waals surface area (Å²) in [7, 11) is 0. The Morgan fingerprint density at radius 2 is 0.800 bits per heavy atom. The van der Waals surface area contributed by atoms with Crippen molar-refractivity contribution >= 4 is 32.3 Å². The van der Waals surface area contributed by atoms with Crippen LogP contribution in [0, 0.1) is 0 Å². The molecule has 0 spiro atoms. The third kappa shape index (κ3) is 3.79. The van der Waals surface area contributed by atoms with E-state index in [2.05, 4.69) is 172 Å². The summed E-state index contributed by atoms with van der Waals surface area (Å²) in [4.78, 5) is 0. The van der Waals surface area contributed by atoms with Gasteiger partial charge in [-0.2, -0.15) is 0 Å². The molecule has 0 saturated heterocycles. The van der Waals surface area contributed by atoms with Crippen molar-refractivity contribution in [2.24, 2.45) is 0 Å². The highest BCUT2D eigenvalue weighted by Gasteiger charge is 2.37. The van der Waals surface area contributed by atoms with Gasteiger partial charge in [-0.1, -0.05) is 172 Å². The lowest BCUT2D eigenvalue weighted by Gasteiger charge is -2.21. The highest BCUT2D eigenvalue weighted by Crippen LogP contribution is 2.54. The second-order valence-electron chi connectivity index (χ2n) is 12.8. The molecule has 8 aromatic rings. The lowest BCUT2D eigenvalue weighted by molar-refractivity contribution is 0.661. The summed E-state index contributed by atoms with van der Waals surface area (Å²) in [5, 5.41) is 7.77. The third-order valence-corrected chi connectivity index (χ3v) is 10.1. The van der Waals surface area contributed by atoms with E-state index >= 15 is 0 Å². The molecule has 45 heavy (non-hydrogen) atoms. The zero-order valence-electron chi connectivity index (χ0n) is 25.5. The van der Waals surface area contributed by atoms with Crippen LogP contribution in [0.5, 0.6) is 0 Å². The van der Waals surface area contributed by atoms with Crippen LogP contribution in [0.1, 0.15) is 25.0 Å². The number of hydrogen-bond donors (Lipinski definition) is 0. The van der Waals surface area contributed by atoms with Crippen LogP contribution in [0.2, 0.25) is 0 Å². The Balaban J connectivity index is 1.26. The van der Waals surface area contributed by atoms with Crippen molar-refractivity contribution in [1.29, 1.82) is 0 Å². The van der Waals surface area contributed by atoms with Gasteiger partial charge in [-0.3, -0.25) is 0 Å². The predicted octanol–water partition coefficient (Wildman–Crippen LogP) is 12.5. The molecule has 0 heteroatoms. The van der Waals surface area contributed by atoms with Gasteiger partial charge in [0.1, 0.15) is 0 Å². The number of hydrogen-bond acceptors (Lipinski definition) is 0. The Morgan fingerprint density at radius 1 is 0.311 bits per heavy atom. The number of rotatable bonds is 3. The van der Waals surface area contributed by atoms with E-state index in [-0.39, 0.29) is 5.41 Å². The molecule has 0 radical (unpaired) electrons. The lowest BCUT2D eigenvalue weighted by atomic mass is 9.81. The fraction of sp³-hybridized carbons (Fsp3) is 0.0667. The molecule has 0 aromatic heterocycles. The van der Waals surface area contributed by atoms with E-state index < -0.39 is 0 Å². The predicted molar refractivity (Wildman–Crippen MR) is 193 cm³/mol. The molecular formula is C45H32. The number of fused-ring (bicyclic) bond motifs is 7. The Hall–Kier alpha value is -5.46. The molecule has 0 aliphatic heterocycles. The maximum Gasteiger partial charge on any atom is 0.0159 e. The van der Waals surface area contributed by atoms with Gasteiger partial charge in [0, 0.05) is 5.41 Å². The first-order valence-corrected chi connectivity index (χ1v) is 15.9. The largest absolute Gasteiger partial charge is 0.0622 e. The quantitative estimate of drug-likeness (QED) is 0.185. The van der Waals surface area contributed by atoms with E-state index in [0.717, 1.165) is 0 Å². The van der Waals surface area contributed by atoms with E-state index in [1.807, 2.05) is 0 Å². The molecule has 8 aromatic carbocycles. The summed E-state index contributed by atoms with van der Waals surface area (Å²) in [6.07, 6.45) is 0. The van der Waals surface area contributed by atoms with Crippen molar-refractivity contribution in [1.82, 2.24) is 0 Å². The molecule has 0 amide bonds. The van der Waals surface area contributed by atoms with Crippen molar-refractivity contribution in [3.8, 4) is 44.5 Å². The van der Waals surface area contributed by atoms with Crippen LogP contribution in [0.3, 0.4) is 0 Å². The summed E-state index contributed by atoms with van der Waals surface area (Å²) < 4.78 is 0. The van der Waals surface area contributed by atoms with Crippen LogP contribution in [-0.2, 0) is 5.41 Å². The zero-order valence-corrected chi connectivity index (χ0v) is 25.5. The minimum atomic E-state index is -0.0526. The lowest BCUT2D eigenvalue weighted by Crippen LogP contribution is -2.14. The molecule has 0 N–H and O–H groups in total. The maximum atomic E-state index is 2.37. The molecule has 0 atom stereocenters. The summed E-state index contributed by atoms with van der Waals surface area (Å²) in [5.74, 6) is 0. The Kier molecular flexibility index (Phi) is 5.64. The van der Waals surface area contributed by atoms with Crippen molar-refractivity contribution in [2.75, 3.05) is 0 Å². The molecule has 0 nitrogen and oxygen atoms in total. The van der Waals surface area contributed by atoms with Crippen LogP contribution >= 0.6 is 0 Å². The Labute approximate surface area is 264 Å². The van der Waals surface area contributed by atoms with Gasteiger partial charge in [0.25, 0.3) is 0 Å². The van der Waals surface area contributed by atoms with Gasteiger partial charge >= 0.3 is 0 Å². The second-order valence-corrected chi connectivity index (χ2v) is 12.8. The van der Waals surface area contributed by atoms with Crippen LogP contribution in [0.4, 0.5) is 0 Å². The molecule has 0 fully saturated rings. The third-order valence-electron chi connectivity index (χ3n) is 10.1. The molecule has 1 aliphatic carbocycles. The average molecular weight is 573 g/mol. The minimum absolute atomic E-state index is 0.0526. The van der Waals surface area contributed by atoms with E-state index in [1.54, 1.807) is 0 Å². The molecular weight excluding hydrogens is 540 g/mol. The highest BCUT2D eigenvalue weighted by molar-refractivity contribution is 6.21. The molecule has 212 valence electrons. The standard InChI is InChI=1S/C45H32/c1-45(2)39-22-12-21-34(43(39)44-33-16-7-6-13-29(33)27-28-40(44)45)30-23-25-32(26-24-30)42-37-19-10-8-17-35(37)41(31-14-4-3-5-15-31)36-18-9-11-20-38(36)42/h3-28H,1-2H3. The highest BCUT2D eigenvalue weighted by atomic mass is 14.4. The smallest absolute Gasteiger partial charge is 0.0159 e. The van der Waals surface area contributed by atoms with Gasteiger partial charge < -0.3 is 0 Å². The van der Waals surface area contributed by atoms with Gasteiger partial charge in [-0.05, 0) is 88.0 Å². The molecule has 0 unspecified atom stereocenters. The summed E-state index contributed by atoms with van der Waals surface area (Å²) in [6.45, 7) is 4.74. The molecule has 0 heterocycles. The normalized spacial score (nSPS) is 13.3. The van der Waals surface area contributed by atoms with Gasteiger partial charge in [-0.25, -0.2) is 0 Å². The fourth-order valence-corrected chi connectivity index (χ4v) is 7.96. The Bertz CT molecular complexity index is 2370. The Morgan fingerprint density at radius 3 is 1.42 bits per heavy atom. The van der Waals surface area contributed by atoms with Crippen molar-refractivity contribution in [3.05, 3.63) is 169 Å². The molecule has 9 rings (SSSR count). The first-order chi connectivity index (χ1) is 22.1. The minimum Gasteiger partial charge on any atom is -0.0622 e. The number of benzene rings is 8. The van der Waals surface area contributed by atoms with Crippen LogP contribution in [0.25, 0.3) is 76.8 Å². The van der Waals surface area contributed by atoms with Crippen LogP contribution in [0.15, 0.2) is 158 Å². The van der Waals surface area contributed by atoms with Crippen LogP contribution in [-0.4, -0.2) is 0 Å². The van der Waals surface area contributed by atoms with E-state index in [0.29, 0.717) is 0 Å². The summed E-state index contributed by atoms with van der Waals surface area (Å²) >= 11 is 0. The van der Waals surface area contributed by atoms with Gasteiger partial charge in [0.2, 0.25) is 0 Å². The first-order valence-electron chi connectivity index (χ1n) is 15.9. The van der Waals surface area contributed by atoms with Crippen molar-refractivity contribution in [2.45, 2.75) is 19.3 Å². The van der Waals surface area contributed by atoms with E-state index in [4.69, 9.17) is 0 Å². The van der Waals surface area contributed by atoms with Crippen LogP contribution < -0.4 is 0 Å². The second kappa shape index (κ2) is 9.78. The zero-order chi connectivity index (χ0) is 30.1. The van der Waals surface area contributed by atoms with Gasteiger partial charge in [-0.15, -0.1) is 0 Å². The SMILES string of the molecule is CC1(C)c2cccc(-c3ccc(-c4c5ccccc5c(-c5ccccc5)c5ccccc45)cc3)c2-c2c1ccc1ccccc21. The van der Waals surface area contributed by atoms with E-state index in [1.165, 1.54) is 88.0 Å². The van der Waals surface area contributed by atoms with Crippen molar-refractivity contribution in [3.63, 3.8) is 0 Å². The van der Waals surface area contributed by atoms with Gasteiger partial charge in [0.15, 0.2) is 0 Å². The summed E-state index contributed by atoms with van der Waals surface area (Å²) in [5.41, 5.74) is 13.2. The molecule has 0 bridgehead atoms.